The van der Waals surface area contributed by atoms with Gasteiger partial charge in [0.15, 0.2) is 0 Å². The first-order chi connectivity index (χ1) is 5.88. The molecule has 0 fully saturated rings. The van der Waals surface area contributed by atoms with E-state index in [1.807, 2.05) is 0 Å². The molecular formula is C11H16O. The summed E-state index contributed by atoms with van der Waals surface area (Å²) in [6, 6.07) is 0. The smallest absolute Gasteiger partial charge is 0.127 e. The van der Waals surface area contributed by atoms with Crippen LogP contribution in [0, 0.1) is 5.92 Å². The van der Waals surface area contributed by atoms with E-state index >= 15 is 0 Å². The van der Waals surface area contributed by atoms with Gasteiger partial charge < -0.3 is 4.79 Å². The molecule has 66 valence electrons. The molecule has 12 heavy (non-hydrogen) atoms. The summed E-state index contributed by atoms with van der Waals surface area (Å²) in [6.45, 7) is 2.12. The van der Waals surface area contributed by atoms with Crippen LogP contribution in [0.2, 0.25) is 0 Å². The van der Waals surface area contributed by atoms with Crippen molar-refractivity contribution in [3.05, 3.63) is 23.8 Å². The minimum absolute atomic E-state index is 0.214. The molecule has 0 spiro atoms. The Balaban J connectivity index is 2.40. The maximum absolute atomic E-state index is 10.6. The topological polar surface area (TPSA) is 17.1 Å². The lowest BCUT2D eigenvalue weighted by molar-refractivity contribution is -0.110. The lowest BCUT2D eigenvalue weighted by Gasteiger charge is -2.03. The number of allylic oxidation sites excluding steroid dienone is 4. The fourth-order valence-corrected chi connectivity index (χ4v) is 1.56. The van der Waals surface area contributed by atoms with Crippen LogP contribution in [0.25, 0.3) is 0 Å². The third kappa shape index (κ3) is 2.33. The van der Waals surface area contributed by atoms with Crippen LogP contribution in [0.4, 0.5) is 0 Å². The van der Waals surface area contributed by atoms with Crippen molar-refractivity contribution in [2.75, 3.05) is 0 Å². The molecule has 1 atom stereocenters. The summed E-state index contributed by atoms with van der Waals surface area (Å²) >= 11 is 0. The first-order valence-electron chi connectivity index (χ1n) is 4.67. The van der Waals surface area contributed by atoms with Gasteiger partial charge in [-0.3, -0.25) is 0 Å². The van der Waals surface area contributed by atoms with Crippen LogP contribution in [-0.4, -0.2) is 6.29 Å². The lowest BCUT2D eigenvalue weighted by atomic mass is 10.0. The van der Waals surface area contributed by atoms with Gasteiger partial charge in [0.25, 0.3) is 0 Å². The third-order valence-electron chi connectivity index (χ3n) is 2.28. The molecule has 0 radical (unpaired) electrons. The highest BCUT2D eigenvalue weighted by Crippen LogP contribution is 2.26. The van der Waals surface area contributed by atoms with Crippen molar-refractivity contribution in [3.8, 4) is 0 Å². The average Bonchev–Trinajstić information content (AvgIpc) is 2.52. The highest BCUT2D eigenvalue weighted by Gasteiger charge is 2.16. The highest BCUT2D eigenvalue weighted by atomic mass is 16.1. The van der Waals surface area contributed by atoms with E-state index in [0.717, 1.165) is 32.0 Å². The molecule has 0 aromatic carbocycles. The Morgan fingerprint density at radius 2 is 2.42 bits per heavy atom. The molecule has 1 heteroatoms. The molecule has 0 saturated carbocycles. The predicted octanol–water partition coefficient (Wildman–Crippen LogP) is 2.88. The van der Waals surface area contributed by atoms with Gasteiger partial charge in [-0.2, -0.15) is 0 Å². The van der Waals surface area contributed by atoms with Gasteiger partial charge in [0, 0.05) is 5.92 Å². The second kappa shape index (κ2) is 4.91. The summed E-state index contributed by atoms with van der Waals surface area (Å²) < 4.78 is 0. The first-order valence-corrected chi connectivity index (χ1v) is 4.67. The Morgan fingerprint density at radius 1 is 1.58 bits per heavy atom. The van der Waals surface area contributed by atoms with E-state index in [2.05, 4.69) is 25.2 Å². The summed E-state index contributed by atoms with van der Waals surface area (Å²) in [5.41, 5.74) is 1.31. The average molecular weight is 164 g/mol. The Kier molecular flexibility index (Phi) is 3.78. The summed E-state index contributed by atoms with van der Waals surface area (Å²) in [4.78, 5) is 10.6. The zero-order chi connectivity index (χ0) is 8.81. The Bertz CT molecular complexity index is 201. The van der Waals surface area contributed by atoms with Crippen molar-refractivity contribution in [3.63, 3.8) is 0 Å². The third-order valence-corrected chi connectivity index (χ3v) is 2.28. The van der Waals surface area contributed by atoms with Gasteiger partial charge in [-0.05, 0) is 25.7 Å². The van der Waals surface area contributed by atoms with Crippen LogP contribution >= 0.6 is 0 Å². The quantitative estimate of drug-likeness (QED) is 0.461. The van der Waals surface area contributed by atoms with Crippen LogP contribution in [0.1, 0.15) is 32.6 Å². The molecule has 0 aromatic heterocycles. The van der Waals surface area contributed by atoms with Gasteiger partial charge in [0.05, 0.1) is 0 Å². The molecule has 1 rings (SSSR count). The van der Waals surface area contributed by atoms with Crippen LogP contribution in [0.3, 0.4) is 0 Å². The zero-order valence-corrected chi connectivity index (χ0v) is 7.62. The van der Waals surface area contributed by atoms with Gasteiger partial charge >= 0.3 is 0 Å². The van der Waals surface area contributed by atoms with Crippen molar-refractivity contribution in [1.82, 2.24) is 0 Å². The van der Waals surface area contributed by atoms with Crippen molar-refractivity contribution in [2.45, 2.75) is 32.6 Å². The van der Waals surface area contributed by atoms with E-state index in [-0.39, 0.29) is 5.92 Å². The maximum Gasteiger partial charge on any atom is 0.127 e. The van der Waals surface area contributed by atoms with E-state index < -0.39 is 0 Å². The molecule has 1 nitrogen and oxygen atoms in total. The minimum Gasteiger partial charge on any atom is -0.303 e. The molecule has 0 bridgehead atoms. The molecule has 1 aliphatic rings. The molecule has 0 amide bonds. The normalized spacial score (nSPS) is 23.1. The first kappa shape index (κ1) is 9.24. The minimum atomic E-state index is 0.214. The van der Waals surface area contributed by atoms with E-state index in [9.17, 15) is 4.79 Å². The van der Waals surface area contributed by atoms with Gasteiger partial charge in [-0.1, -0.05) is 30.7 Å². The standard InChI is InChI=1S/C11H16O/c1-2-3-4-6-10-7-5-8-11(10)9-12/h3-4,7,9,11H,2,5-6,8H2,1H3/b4-3-. The van der Waals surface area contributed by atoms with E-state index in [4.69, 9.17) is 0 Å². The van der Waals surface area contributed by atoms with E-state index in [0.29, 0.717) is 0 Å². The van der Waals surface area contributed by atoms with Gasteiger partial charge in [-0.25, -0.2) is 0 Å². The second-order valence-corrected chi connectivity index (χ2v) is 3.18. The Hall–Kier alpha value is -0.850. The van der Waals surface area contributed by atoms with Crippen LogP contribution < -0.4 is 0 Å². The molecule has 0 aliphatic heterocycles. The summed E-state index contributed by atoms with van der Waals surface area (Å²) in [6.07, 6.45) is 11.8. The van der Waals surface area contributed by atoms with Crippen molar-refractivity contribution < 1.29 is 4.79 Å². The number of aldehydes is 1. The summed E-state index contributed by atoms with van der Waals surface area (Å²) in [5, 5.41) is 0. The summed E-state index contributed by atoms with van der Waals surface area (Å²) in [7, 11) is 0. The molecule has 1 unspecified atom stereocenters. The van der Waals surface area contributed by atoms with Crippen LogP contribution in [0.5, 0.6) is 0 Å². The van der Waals surface area contributed by atoms with Crippen molar-refractivity contribution in [1.29, 1.82) is 0 Å². The molecule has 0 heterocycles. The van der Waals surface area contributed by atoms with Gasteiger partial charge in [0.2, 0.25) is 0 Å². The number of rotatable bonds is 4. The number of carbonyl (C=O) groups is 1. The number of carbonyl (C=O) groups excluding carboxylic acids is 1. The fraction of sp³-hybridized carbons (Fsp3) is 0.545. The SMILES string of the molecule is CC/C=C\CC1=CCCC1C=O. The van der Waals surface area contributed by atoms with Crippen molar-refractivity contribution in [2.24, 2.45) is 5.92 Å². The Morgan fingerprint density at radius 3 is 3.08 bits per heavy atom. The summed E-state index contributed by atoms with van der Waals surface area (Å²) in [5.74, 6) is 0.214. The molecule has 1 aliphatic carbocycles. The molecule has 0 saturated heterocycles. The predicted molar refractivity (Wildman–Crippen MR) is 50.9 cm³/mol. The van der Waals surface area contributed by atoms with Crippen LogP contribution in [0.15, 0.2) is 23.8 Å². The number of hydrogen-bond donors (Lipinski definition) is 0. The monoisotopic (exact) mass is 164 g/mol. The van der Waals surface area contributed by atoms with E-state index in [1.165, 1.54) is 5.57 Å². The molecule has 0 N–H and O–H groups in total. The largest absolute Gasteiger partial charge is 0.303 e. The van der Waals surface area contributed by atoms with Gasteiger partial charge in [0.1, 0.15) is 6.29 Å². The zero-order valence-electron chi connectivity index (χ0n) is 7.62. The second-order valence-electron chi connectivity index (χ2n) is 3.18. The van der Waals surface area contributed by atoms with Crippen molar-refractivity contribution >= 4 is 6.29 Å². The molecular weight excluding hydrogens is 148 g/mol. The highest BCUT2D eigenvalue weighted by molar-refractivity contribution is 5.60. The van der Waals surface area contributed by atoms with Crippen LogP contribution in [-0.2, 0) is 4.79 Å². The van der Waals surface area contributed by atoms with Gasteiger partial charge in [-0.15, -0.1) is 0 Å². The maximum atomic E-state index is 10.6. The Labute approximate surface area is 74.2 Å². The molecule has 0 aromatic rings. The fourth-order valence-electron chi connectivity index (χ4n) is 1.56. The lowest BCUT2D eigenvalue weighted by Crippen LogP contribution is -1.99. The number of hydrogen-bond acceptors (Lipinski definition) is 1. The van der Waals surface area contributed by atoms with E-state index in [1.54, 1.807) is 0 Å².